The number of aliphatic hydroxyl groups excluding tert-OH is 1. The molecule has 128 valence electrons. The van der Waals surface area contributed by atoms with E-state index in [-0.39, 0.29) is 17.9 Å². The largest absolute Gasteiger partial charge is 0.393 e. The number of likely N-dealkylation sites (tertiary alicyclic amines) is 1. The summed E-state index contributed by atoms with van der Waals surface area (Å²) >= 11 is 1.73. The monoisotopic (exact) mass is 336 g/mol. The molecule has 1 heterocycles. The maximum atomic E-state index is 12.1. The summed E-state index contributed by atoms with van der Waals surface area (Å²) in [6.07, 6.45) is 2.61. The van der Waals surface area contributed by atoms with Crippen LogP contribution < -0.4 is 5.32 Å². The van der Waals surface area contributed by atoms with Gasteiger partial charge in [0, 0.05) is 36.2 Å². The van der Waals surface area contributed by atoms with E-state index in [1.807, 2.05) is 25.1 Å². The van der Waals surface area contributed by atoms with Crippen LogP contribution in [0.5, 0.6) is 0 Å². The van der Waals surface area contributed by atoms with Gasteiger partial charge in [-0.25, -0.2) is 0 Å². The van der Waals surface area contributed by atoms with Crippen LogP contribution in [0.1, 0.15) is 26.2 Å². The molecule has 4 nitrogen and oxygen atoms in total. The standard InChI is InChI=1S/C18H28N2O2S/c1-15(14-23-17-6-3-2-4-7-17)18(22)19-10-5-11-20-12-8-16(21)9-13-20/h2-4,6-7,15-16,21H,5,8-14H2,1H3,(H,19,22). The number of benzene rings is 1. The number of rotatable bonds is 8. The van der Waals surface area contributed by atoms with Crippen molar-refractivity contribution in [2.24, 2.45) is 5.92 Å². The van der Waals surface area contributed by atoms with E-state index >= 15 is 0 Å². The van der Waals surface area contributed by atoms with Crippen molar-refractivity contribution in [2.45, 2.75) is 37.2 Å². The molecule has 1 aliphatic rings. The number of carbonyl (C=O) groups is 1. The second kappa shape index (κ2) is 9.96. The summed E-state index contributed by atoms with van der Waals surface area (Å²) in [4.78, 5) is 15.7. The lowest BCUT2D eigenvalue weighted by Gasteiger charge is -2.29. The Bertz CT molecular complexity index is 461. The highest BCUT2D eigenvalue weighted by Gasteiger charge is 2.16. The van der Waals surface area contributed by atoms with Crippen LogP contribution in [0.3, 0.4) is 0 Å². The minimum atomic E-state index is -0.117. The zero-order chi connectivity index (χ0) is 16.5. The summed E-state index contributed by atoms with van der Waals surface area (Å²) in [7, 11) is 0. The Hall–Kier alpha value is -1.04. The van der Waals surface area contributed by atoms with Crippen LogP contribution in [0.15, 0.2) is 35.2 Å². The molecule has 1 fully saturated rings. The van der Waals surface area contributed by atoms with Gasteiger partial charge in [0.2, 0.25) is 5.91 Å². The number of carbonyl (C=O) groups excluding carboxylic acids is 1. The lowest BCUT2D eigenvalue weighted by Crippen LogP contribution is -2.38. The van der Waals surface area contributed by atoms with Gasteiger partial charge in [-0.1, -0.05) is 25.1 Å². The van der Waals surface area contributed by atoms with Gasteiger partial charge in [-0.15, -0.1) is 11.8 Å². The molecule has 0 spiro atoms. The highest BCUT2D eigenvalue weighted by atomic mass is 32.2. The topological polar surface area (TPSA) is 52.6 Å². The molecule has 1 amide bonds. The molecule has 1 aromatic rings. The first-order valence-electron chi connectivity index (χ1n) is 8.51. The second-order valence-electron chi connectivity index (χ2n) is 6.24. The van der Waals surface area contributed by atoms with Crippen molar-refractivity contribution in [3.05, 3.63) is 30.3 Å². The minimum absolute atomic E-state index is 0.0188. The maximum absolute atomic E-state index is 12.1. The molecular weight excluding hydrogens is 308 g/mol. The number of nitrogens with zero attached hydrogens (tertiary/aromatic N) is 1. The average Bonchev–Trinajstić information content (AvgIpc) is 2.59. The lowest BCUT2D eigenvalue weighted by atomic mass is 10.1. The van der Waals surface area contributed by atoms with E-state index in [1.54, 1.807) is 11.8 Å². The van der Waals surface area contributed by atoms with Crippen molar-refractivity contribution >= 4 is 17.7 Å². The van der Waals surface area contributed by atoms with E-state index in [0.29, 0.717) is 0 Å². The Kier molecular flexibility index (Phi) is 7.92. The Morgan fingerprint density at radius 1 is 1.35 bits per heavy atom. The fourth-order valence-corrected chi connectivity index (χ4v) is 3.59. The number of nitrogens with one attached hydrogen (secondary N) is 1. The number of piperidine rings is 1. The molecule has 0 aromatic heterocycles. The van der Waals surface area contributed by atoms with Crippen LogP contribution in [0.4, 0.5) is 0 Å². The molecular formula is C18H28N2O2S. The number of aliphatic hydroxyl groups is 1. The molecule has 1 atom stereocenters. The maximum Gasteiger partial charge on any atom is 0.223 e. The van der Waals surface area contributed by atoms with E-state index in [2.05, 4.69) is 22.3 Å². The third kappa shape index (κ3) is 6.94. The Morgan fingerprint density at radius 3 is 2.74 bits per heavy atom. The van der Waals surface area contributed by atoms with Crippen molar-refractivity contribution in [3.63, 3.8) is 0 Å². The number of hydrogen-bond acceptors (Lipinski definition) is 4. The predicted octanol–water partition coefficient (Wildman–Crippen LogP) is 2.38. The summed E-state index contributed by atoms with van der Waals surface area (Å²) in [6.45, 7) is 5.66. The van der Waals surface area contributed by atoms with E-state index in [9.17, 15) is 9.90 Å². The molecule has 0 aliphatic carbocycles. The van der Waals surface area contributed by atoms with Crippen molar-refractivity contribution in [1.82, 2.24) is 10.2 Å². The van der Waals surface area contributed by atoms with Gasteiger partial charge in [0.05, 0.1) is 6.10 Å². The summed E-state index contributed by atoms with van der Waals surface area (Å²) in [6, 6.07) is 10.2. The van der Waals surface area contributed by atoms with Crippen LogP contribution in [0, 0.1) is 5.92 Å². The highest BCUT2D eigenvalue weighted by Crippen LogP contribution is 2.20. The second-order valence-corrected chi connectivity index (χ2v) is 7.34. The Labute approximate surface area is 143 Å². The summed E-state index contributed by atoms with van der Waals surface area (Å²) in [5.74, 6) is 0.965. The van der Waals surface area contributed by atoms with Gasteiger partial charge in [-0.05, 0) is 37.9 Å². The van der Waals surface area contributed by atoms with Crippen LogP contribution in [0.25, 0.3) is 0 Å². The normalized spacial score (nSPS) is 17.8. The van der Waals surface area contributed by atoms with Crippen molar-refractivity contribution in [3.8, 4) is 0 Å². The first-order valence-corrected chi connectivity index (χ1v) is 9.49. The zero-order valence-corrected chi connectivity index (χ0v) is 14.7. The number of amides is 1. The number of hydrogen-bond donors (Lipinski definition) is 2. The first-order chi connectivity index (χ1) is 11.1. The Balaban J connectivity index is 1.55. The molecule has 1 aliphatic heterocycles. The minimum Gasteiger partial charge on any atom is -0.393 e. The van der Waals surface area contributed by atoms with E-state index in [0.717, 1.165) is 51.2 Å². The summed E-state index contributed by atoms with van der Waals surface area (Å²) in [5, 5.41) is 12.5. The summed E-state index contributed by atoms with van der Waals surface area (Å²) < 4.78 is 0. The third-order valence-corrected chi connectivity index (χ3v) is 5.47. The zero-order valence-electron chi connectivity index (χ0n) is 13.9. The molecule has 5 heteroatoms. The first kappa shape index (κ1) is 18.3. The molecule has 0 radical (unpaired) electrons. The molecule has 2 rings (SSSR count). The molecule has 23 heavy (non-hydrogen) atoms. The van der Waals surface area contributed by atoms with Crippen molar-refractivity contribution < 1.29 is 9.90 Å². The molecule has 1 saturated heterocycles. The van der Waals surface area contributed by atoms with Crippen molar-refractivity contribution in [1.29, 1.82) is 0 Å². The van der Waals surface area contributed by atoms with Crippen LogP contribution in [0.2, 0.25) is 0 Å². The van der Waals surface area contributed by atoms with Gasteiger partial charge in [-0.2, -0.15) is 0 Å². The average molecular weight is 337 g/mol. The predicted molar refractivity (Wildman–Crippen MR) is 95.6 cm³/mol. The van der Waals surface area contributed by atoms with Crippen LogP contribution >= 0.6 is 11.8 Å². The van der Waals surface area contributed by atoms with E-state index in [4.69, 9.17) is 0 Å². The lowest BCUT2D eigenvalue weighted by molar-refractivity contribution is -0.123. The number of thioether (sulfide) groups is 1. The van der Waals surface area contributed by atoms with Gasteiger partial charge in [0.15, 0.2) is 0 Å². The fourth-order valence-electron chi connectivity index (χ4n) is 2.65. The van der Waals surface area contributed by atoms with E-state index < -0.39 is 0 Å². The molecule has 1 unspecified atom stereocenters. The molecule has 0 saturated carbocycles. The van der Waals surface area contributed by atoms with Crippen molar-refractivity contribution in [2.75, 3.05) is 31.9 Å². The van der Waals surface area contributed by atoms with Gasteiger partial charge >= 0.3 is 0 Å². The molecule has 2 N–H and O–H groups in total. The third-order valence-electron chi connectivity index (χ3n) is 4.20. The van der Waals surface area contributed by atoms with Crippen LogP contribution in [-0.4, -0.2) is 53.9 Å². The van der Waals surface area contributed by atoms with Gasteiger partial charge in [0.25, 0.3) is 0 Å². The molecule has 0 bridgehead atoms. The fraction of sp³-hybridized carbons (Fsp3) is 0.611. The van der Waals surface area contributed by atoms with Crippen LogP contribution in [-0.2, 0) is 4.79 Å². The SMILES string of the molecule is CC(CSc1ccccc1)C(=O)NCCCN1CCC(O)CC1. The quantitative estimate of drug-likeness (QED) is 0.565. The van der Waals surface area contributed by atoms with Gasteiger partial charge in [0.1, 0.15) is 0 Å². The highest BCUT2D eigenvalue weighted by molar-refractivity contribution is 7.99. The smallest absolute Gasteiger partial charge is 0.223 e. The Morgan fingerprint density at radius 2 is 2.04 bits per heavy atom. The summed E-state index contributed by atoms with van der Waals surface area (Å²) in [5.41, 5.74) is 0. The van der Waals surface area contributed by atoms with Gasteiger partial charge < -0.3 is 15.3 Å². The van der Waals surface area contributed by atoms with E-state index in [1.165, 1.54) is 4.90 Å². The van der Waals surface area contributed by atoms with Gasteiger partial charge in [-0.3, -0.25) is 4.79 Å². The molecule has 1 aromatic carbocycles.